The second-order valence-corrected chi connectivity index (χ2v) is 5.40. The predicted octanol–water partition coefficient (Wildman–Crippen LogP) is 3.37. The number of hydrogen-bond acceptors (Lipinski definition) is 4. The molecule has 1 heterocycles. The molecule has 5 nitrogen and oxygen atoms in total. The highest BCUT2D eigenvalue weighted by atomic mass is 32.1. The van der Waals surface area contributed by atoms with E-state index in [9.17, 15) is 0 Å². The maximum atomic E-state index is 5.72. The number of rotatable bonds is 9. The monoisotopic (exact) mass is 331 g/mol. The molecule has 1 aromatic carbocycles. The van der Waals surface area contributed by atoms with Crippen LogP contribution in [0.3, 0.4) is 0 Å². The lowest BCUT2D eigenvalue weighted by atomic mass is 10.2. The Labute approximate surface area is 141 Å². The summed E-state index contributed by atoms with van der Waals surface area (Å²) < 4.78 is 11.3. The maximum Gasteiger partial charge on any atom is 0.168 e. The number of aromatic nitrogens is 1. The lowest BCUT2D eigenvalue weighted by molar-refractivity contribution is 0.279. The Morgan fingerprint density at radius 2 is 1.70 bits per heavy atom. The van der Waals surface area contributed by atoms with Crippen LogP contribution in [0.1, 0.15) is 19.3 Å². The van der Waals surface area contributed by atoms with Gasteiger partial charge in [-0.15, -0.1) is 0 Å². The number of unbranched alkanes of at least 4 members (excludes halogenated alkanes) is 2. The van der Waals surface area contributed by atoms with Crippen molar-refractivity contribution >= 4 is 23.0 Å². The molecule has 2 rings (SSSR count). The van der Waals surface area contributed by atoms with Crippen molar-refractivity contribution in [2.45, 2.75) is 19.3 Å². The normalized spacial score (nSPS) is 10.1. The van der Waals surface area contributed by atoms with Gasteiger partial charge in [-0.25, -0.2) is 0 Å². The van der Waals surface area contributed by atoms with Crippen LogP contribution >= 0.6 is 12.2 Å². The molecule has 0 aliphatic heterocycles. The largest absolute Gasteiger partial charge is 0.494 e. The fraction of sp³-hybridized carbons (Fsp3) is 0.294. The minimum atomic E-state index is 0.247. The van der Waals surface area contributed by atoms with Gasteiger partial charge in [0.2, 0.25) is 0 Å². The van der Waals surface area contributed by atoms with E-state index in [1.807, 2.05) is 36.4 Å². The van der Waals surface area contributed by atoms with Crippen LogP contribution in [0.25, 0.3) is 0 Å². The topological polar surface area (TPSA) is 69.4 Å². The molecule has 23 heavy (non-hydrogen) atoms. The van der Waals surface area contributed by atoms with Crippen LogP contribution in [0.15, 0.2) is 48.8 Å². The third kappa shape index (κ3) is 6.97. The van der Waals surface area contributed by atoms with Gasteiger partial charge in [0.1, 0.15) is 11.5 Å². The number of nitrogens with two attached hydrogens (primary N) is 1. The lowest BCUT2D eigenvalue weighted by Gasteiger charge is -2.09. The molecule has 6 heteroatoms. The highest BCUT2D eigenvalue weighted by molar-refractivity contribution is 7.80. The first-order valence-corrected chi connectivity index (χ1v) is 7.97. The number of nitrogens with one attached hydrogen (secondary N) is 1. The van der Waals surface area contributed by atoms with E-state index in [1.54, 1.807) is 12.4 Å². The molecule has 0 saturated heterocycles. The molecule has 0 bridgehead atoms. The van der Waals surface area contributed by atoms with Gasteiger partial charge in [0.25, 0.3) is 0 Å². The van der Waals surface area contributed by atoms with Gasteiger partial charge in [0.15, 0.2) is 5.11 Å². The van der Waals surface area contributed by atoms with E-state index in [0.717, 1.165) is 36.4 Å². The van der Waals surface area contributed by atoms with Crippen LogP contribution in [-0.2, 0) is 0 Å². The predicted molar refractivity (Wildman–Crippen MR) is 95.9 cm³/mol. The van der Waals surface area contributed by atoms with Gasteiger partial charge in [0, 0.05) is 24.1 Å². The Morgan fingerprint density at radius 1 is 1.00 bits per heavy atom. The summed E-state index contributed by atoms with van der Waals surface area (Å²) in [6, 6.07) is 11.3. The van der Waals surface area contributed by atoms with E-state index < -0.39 is 0 Å². The highest BCUT2D eigenvalue weighted by Gasteiger charge is 1.98. The van der Waals surface area contributed by atoms with Gasteiger partial charge in [-0.05, 0) is 55.7 Å². The first-order chi connectivity index (χ1) is 11.2. The van der Waals surface area contributed by atoms with E-state index in [2.05, 4.69) is 10.3 Å². The number of thiocarbonyl (C=S) groups is 1. The summed E-state index contributed by atoms with van der Waals surface area (Å²) in [5.74, 6) is 1.66. The lowest BCUT2D eigenvalue weighted by Crippen LogP contribution is -2.18. The van der Waals surface area contributed by atoms with Gasteiger partial charge in [-0.1, -0.05) is 6.07 Å². The summed E-state index contributed by atoms with van der Waals surface area (Å²) in [7, 11) is 0. The number of pyridine rings is 1. The van der Waals surface area contributed by atoms with Crippen molar-refractivity contribution in [2.24, 2.45) is 5.73 Å². The summed E-state index contributed by atoms with van der Waals surface area (Å²) in [6.07, 6.45) is 6.48. The van der Waals surface area contributed by atoms with E-state index in [1.165, 1.54) is 0 Å². The third-order valence-electron chi connectivity index (χ3n) is 3.08. The highest BCUT2D eigenvalue weighted by Crippen LogP contribution is 2.17. The van der Waals surface area contributed by atoms with Crippen molar-refractivity contribution in [3.63, 3.8) is 0 Å². The van der Waals surface area contributed by atoms with Gasteiger partial charge in [-0.2, -0.15) is 0 Å². The minimum absolute atomic E-state index is 0.247. The van der Waals surface area contributed by atoms with E-state index in [0.29, 0.717) is 13.2 Å². The van der Waals surface area contributed by atoms with Crippen molar-refractivity contribution in [3.8, 4) is 11.5 Å². The van der Waals surface area contributed by atoms with Crippen LogP contribution in [0.5, 0.6) is 11.5 Å². The van der Waals surface area contributed by atoms with Crippen LogP contribution < -0.4 is 20.5 Å². The van der Waals surface area contributed by atoms with Gasteiger partial charge in [-0.3, -0.25) is 4.98 Å². The molecule has 1 aromatic heterocycles. The SMILES string of the molecule is NC(=S)Nc1cccc(OCCCCCOc2ccncc2)c1. The number of nitrogens with zero attached hydrogens (tertiary/aromatic N) is 1. The summed E-state index contributed by atoms with van der Waals surface area (Å²) in [6.45, 7) is 1.38. The fourth-order valence-electron chi connectivity index (χ4n) is 2.00. The van der Waals surface area contributed by atoms with Crippen molar-refractivity contribution in [2.75, 3.05) is 18.5 Å². The zero-order valence-corrected chi connectivity index (χ0v) is 13.7. The minimum Gasteiger partial charge on any atom is -0.494 e. The van der Waals surface area contributed by atoms with E-state index >= 15 is 0 Å². The molecule has 0 saturated carbocycles. The molecular weight excluding hydrogens is 310 g/mol. The number of benzene rings is 1. The van der Waals surface area contributed by atoms with Gasteiger partial charge >= 0.3 is 0 Å². The summed E-state index contributed by atoms with van der Waals surface area (Å²) in [5.41, 5.74) is 6.28. The average molecular weight is 331 g/mol. The molecule has 0 atom stereocenters. The fourth-order valence-corrected chi connectivity index (χ4v) is 2.12. The van der Waals surface area contributed by atoms with Crippen LogP contribution in [0, 0.1) is 0 Å². The van der Waals surface area contributed by atoms with Crippen LogP contribution in [-0.4, -0.2) is 23.3 Å². The molecule has 0 spiro atoms. The molecule has 122 valence electrons. The Kier molecular flexibility index (Phi) is 7.13. The maximum absolute atomic E-state index is 5.72. The Hall–Kier alpha value is -2.34. The molecular formula is C17H21N3O2S. The standard InChI is InChI=1S/C17H21N3O2S/c18-17(23)20-14-5-4-6-16(13-14)22-12-3-1-2-11-21-15-7-9-19-10-8-15/h4-10,13H,1-3,11-12H2,(H3,18,20,23). The van der Waals surface area contributed by atoms with Crippen LogP contribution in [0.2, 0.25) is 0 Å². The molecule has 0 unspecified atom stereocenters. The Bertz CT molecular complexity index is 608. The zero-order chi connectivity index (χ0) is 16.3. The number of ether oxygens (including phenoxy) is 2. The van der Waals surface area contributed by atoms with Crippen molar-refractivity contribution in [3.05, 3.63) is 48.8 Å². The molecule has 0 fully saturated rings. The van der Waals surface area contributed by atoms with Gasteiger partial charge < -0.3 is 20.5 Å². The van der Waals surface area contributed by atoms with Crippen molar-refractivity contribution < 1.29 is 9.47 Å². The van der Waals surface area contributed by atoms with E-state index in [4.69, 9.17) is 27.4 Å². The molecule has 0 aliphatic carbocycles. The van der Waals surface area contributed by atoms with E-state index in [-0.39, 0.29) is 5.11 Å². The van der Waals surface area contributed by atoms with Crippen molar-refractivity contribution in [1.82, 2.24) is 4.98 Å². The smallest absolute Gasteiger partial charge is 0.168 e. The molecule has 3 N–H and O–H groups in total. The first-order valence-electron chi connectivity index (χ1n) is 7.56. The van der Waals surface area contributed by atoms with Crippen LogP contribution in [0.4, 0.5) is 5.69 Å². The molecule has 0 radical (unpaired) electrons. The summed E-state index contributed by atoms with van der Waals surface area (Å²) in [4.78, 5) is 3.95. The van der Waals surface area contributed by atoms with Crippen molar-refractivity contribution in [1.29, 1.82) is 0 Å². The quantitative estimate of drug-likeness (QED) is 0.542. The Balaban J connectivity index is 1.57. The molecule has 2 aromatic rings. The second-order valence-electron chi connectivity index (χ2n) is 4.96. The summed E-state index contributed by atoms with van der Waals surface area (Å²) >= 11 is 4.81. The first kappa shape index (κ1) is 17.0. The summed E-state index contributed by atoms with van der Waals surface area (Å²) in [5, 5.41) is 3.13. The number of anilines is 1. The third-order valence-corrected chi connectivity index (χ3v) is 3.18. The number of hydrogen-bond donors (Lipinski definition) is 2. The zero-order valence-electron chi connectivity index (χ0n) is 12.9. The van der Waals surface area contributed by atoms with Gasteiger partial charge in [0.05, 0.1) is 13.2 Å². The second kappa shape index (κ2) is 9.63. The molecule has 0 aliphatic rings. The average Bonchev–Trinajstić information content (AvgIpc) is 2.55. The molecule has 0 amide bonds. The Morgan fingerprint density at radius 3 is 2.39 bits per heavy atom.